The summed E-state index contributed by atoms with van der Waals surface area (Å²) in [4.78, 5) is 28.2. The fraction of sp³-hybridized carbons (Fsp3) is 0.259. The lowest BCUT2D eigenvalue weighted by molar-refractivity contribution is -0.139. The van der Waals surface area contributed by atoms with Gasteiger partial charge in [-0.3, -0.25) is 13.9 Å². The van der Waals surface area contributed by atoms with E-state index in [4.69, 9.17) is 0 Å². The van der Waals surface area contributed by atoms with Crippen LogP contribution in [-0.2, 0) is 32.6 Å². The minimum Gasteiger partial charge on any atom is -0.357 e. The predicted molar refractivity (Wildman–Crippen MR) is 138 cm³/mol. The second-order valence-corrected chi connectivity index (χ2v) is 10.5. The summed E-state index contributed by atoms with van der Waals surface area (Å²) in [6.45, 7) is 1.42. The Morgan fingerprint density at radius 2 is 1.61 bits per heavy atom. The van der Waals surface area contributed by atoms with Gasteiger partial charge in [-0.1, -0.05) is 66.2 Å². The minimum absolute atomic E-state index is 0.0286. The predicted octanol–water partition coefficient (Wildman–Crippen LogP) is 3.29. The second kappa shape index (κ2) is 11.8. The van der Waals surface area contributed by atoms with E-state index in [-0.39, 0.29) is 24.6 Å². The smallest absolute Gasteiger partial charge is 0.244 e. The van der Waals surface area contributed by atoms with Gasteiger partial charge in [0.15, 0.2) is 0 Å². The summed E-state index contributed by atoms with van der Waals surface area (Å²) < 4.78 is 40.0. The van der Waals surface area contributed by atoms with E-state index in [1.807, 2.05) is 61.5 Å². The minimum atomic E-state index is -3.93. The monoisotopic (exact) mass is 511 g/mol. The van der Waals surface area contributed by atoms with E-state index in [1.54, 1.807) is 0 Å². The third-order valence-electron chi connectivity index (χ3n) is 5.73. The molecule has 0 saturated carbocycles. The summed E-state index contributed by atoms with van der Waals surface area (Å²) in [5.41, 5.74) is 2.65. The van der Waals surface area contributed by atoms with Crippen LogP contribution in [-0.4, -0.2) is 51.0 Å². The van der Waals surface area contributed by atoms with Crippen molar-refractivity contribution in [3.8, 4) is 0 Å². The first kappa shape index (κ1) is 26.9. The van der Waals surface area contributed by atoms with Crippen molar-refractivity contribution in [1.29, 1.82) is 0 Å². The zero-order valence-corrected chi connectivity index (χ0v) is 21.3. The first-order valence-electron chi connectivity index (χ1n) is 11.4. The lowest BCUT2D eigenvalue weighted by Crippen LogP contribution is -2.52. The molecule has 190 valence electrons. The standard InChI is InChI=1S/C27H30FN3O4S/c1-20-9-7-12-22(15-20)18-30(25(27(33)29-2)16-21-10-5-4-6-11-21)26(32)19-31(36(3,34)35)24-14-8-13-23(28)17-24/h4-15,17,25H,16,18-19H2,1-3H3,(H,29,33). The molecule has 3 aromatic carbocycles. The van der Waals surface area contributed by atoms with Gasteiger partial charge in [-0.15, -0.1) is 0 Å². The number of nitrogens with zero attached hydrogens (tertiary/aromatic N) is 2. The quantitative estimate of drug-likeness (QED) is 0.453. The normalized spacial score (nSPS) is 12.0. The highest BCUT2D eigenvalue weighted by atomic mass is 32.2. The summed E-state index contributed by atoms with van der Waals surface area (Å²) in [5.74, 6) is -1.59. The van der Waals surface area contributed by atoms with E-state index in [0.717, 1.165) is 33.3 Å². The molecule has 1 unspecified atom stereocenters. The molecule has 0 aliphatic carbocycles. The molecule has 0 aromatic heterocycles. The average Bonchev–Trinajstić information content (AvgIpc) is 2.84. The Morgan fingerprint density at radius 1 is 0.944 bits per heavy atom. The summed E-state index contributed by atoms with van der Waals surface area (Å²) in [7, 11) is -2.44. The van der Waals surface area contributed by atoms with Gasteiger partial charge < -0.3 is 10.2 Å². The highest BCUT2D eigenvalue weighted by Crippen LogP contribution is 2.21. The van der Waals surface area contributed by atoms with Gasteiger partial charge in [0.2, 0.25) is 21.8 Å². The number of aryl methyl sites for hydroxylation is 1. The maximum absolute atomic E-state index is 13.9. The Hall–Kier alpha value is -3.72. The molecular weight excluding hydrogens is 481 g/mol. The third-order valence-corrected chi connectivity index (χ3v) is 6.87. The molecule has 2 amide bonds. The largest absolute Gasteiger partial charge is 0.357 e. The van der Waals surface area contributed by atoms with Gasteiger partial charge in [0.1, 0.15) is 18.4 Å². The zero-order chi connectivity index (χ0) is 26.3. The Morgan fingerprint density at radius 3 is 2.22 bits per heavy atom. The van der Waals surface area contributed by atoms with Gasteiger partial charge in [0, 0.05) is 20.0 Å². The van der Waals surface area contributed by atoms with Gasteiger partial charge in [-0.25, -0.2) is 12.8 Å². The van der Waals surface area contributed by atoms with Crippen molar-refractivity contribution in [3.63, 3.8) is 0 Å². The molecule has 0 spiro atoms. The fourth-order valence-electron chi connectivity index (χ4n) is 3.97. The summed E-state index contributed by atoms with van der Waals surface area (Å²) in [5, 5.41) is 2.63. The maximum atomic E-state index is 13.9. The van der Waals surface area contributed by atoms with E-state index < -0.39 is 34.3 Å². The van der Waals surface area contributed by atoms with Crippen LogP contribution in [0.4, 0.5) is 10.1 Å². The van der Waals surface area contributed by atoms with Crippen molar-refractivity contribution in [3.05, 3.63) is 101 Å². The summed E-state index contributed by atoms with van der Waals surface area (Å²) >= 11 is 0. The van der Waals surface area contributed by atoms with Crippen LogP contribution < -0.4 is 9.62 Å². The van der Waals surface area contributed by atoms with Crippen molar-refractivity contribution in [1.82, 2.24) is 10.2 Å². The van der Waals surface area contributed by atoms with Crippen molar-refractivity contribution < 1.29 is 22.4 Å². The summed E-state index contributed by atoms with van der Waals surface area (Å²) in [6, 6.07) is 20.9. The van der Waals surface area contributed by atoms with Gasteiger partial charge in [0.05, 0.1) is 11.9 Å². The molecule has 0 saturated heterocycles. The van der Waals surface area contributed by atoms with Crippen molar-refractivity contribution in [2.75, 3.05) is 24.2 Å². The molecule has 0 radical (unpaired) electrons. The summed E-state index contributed by atoms with van der Waals surface area (Å²) in [6.07, 6.45) is 1.19. The maximum Gasteiger partial charge on any atom is 0.244 e. The van der Waals surface area contributed by atoms with Gasteiger partial charge >= 0.3 is 0 Å². The second-order valence-electron chi connectivity index (χ2n) is 8.58. The topological polar surface area (TPSA) is 86.8 Å². The molecule has 0 aliphatic rings. The molecule has 0 aliphatic heterocycles. The number of rotatable bonds is 10. The number of amides is 2. The van der Waals surface area contributed by atoms with E-state index in [1.165, 1.54) is 30.1 Å². The Labute approximate surface area is 211 Å². The number of hydrogen-bond donors (Lipinski definition) is 1. The number of likely N-dealkylation sites (N-methyl/N-ethyl adjacent to an activating group) is 1. The fourth-order valence-corrected chi connectivity index (χ4v) is 4.81. The number of benzene rings is 3. The van der Waals surface area contributed by atoms with Crippen LogP contribution in [0.2, 0.25) is 0 Å². The number of anilines is 1. The van der Waals surface area contributed by atoms with Crippen LogP contribution in [0, 0.1) is 12.7 Å². The van der Waals surface area contributed by atoms with E-state index >= 15 is 0 Å². The number of halogens is 1. The first-order chi connectivity index (χ1) is 17.1. The Balaban J connectivity index is 2.03. The van der Waals surface area contributed by atoms with E-state index in [2.05, 4.69) is 5.32 Å². The zero-order valence-electron chi connectivity index (χ0n) is 20.5. The Kier molecular flexibility index (Phi) is 8.82. The van der Waals surface area contributed by atoms with Crippen molar-refractivity contribution in [2.24, 2.45) is 0 Å². The van der Waals surface area contributed by atoms with Gasteiger partial charge in [0.25, 0.3) is 0 Å². The number of carbonyl (C=O) groups is 2. The SMILES string of the molecule is CNC(=O)C(Cc1ccccc1)N(Cc1cccc(C)c1)C(=O)CN(c1cccc(F)c1)S(C)(=O)=O. The first-order valence-corrected chi connectivity index (χ1v) is 13.3. The number of carbonyl (C=O) groups excluding carboxylic acids is 2. The molecule has 0 fully saturated rings. The number of nitrogens with one attached hydrogen (secondary N) is 1. The van der Waals surface area contributed by atoms with Crippen LogP contribution in [0.15, 0.2) is 78.9 Å². The number of hydrogen-bond acceptors (Lipinski definition) is 4. The van der Waals surface area contributed by atoms with Crippen molar-refractivity contribution in [2.45, 2.75) is 25.9 Å². The molecule has 3 rings (SSSR count). The van der Waals surface area contributed by atoms with Crippen molar-refractivity contribution >= 4 is 27.5 Å². The molecule has 36 heavy (non-hydrogen) atoms. The van der Waals surface area contributed by atoms with Crippen LogP contribution >= 0.6 is 0 Å². The molecule has 1 N–H and O–H groups in total. The lowest BCUT2D eigenvalue weighted by Gasteiger charge is -2.33. The van der Waals surface area contributed by atoms with E-state index in [0.29, 0.717) is 0 Å². The highest BCUT2D eigenvalue weighted by molar-refractivity contribution is 7.92. The molecule has 1 atom stereocenters. The van der Waals surface area contributed by atoms with Gasteiger partial charge in [-0.2, -0.15) is 0 Å². The molecule has 7 nitrogen and oxygen atoms in total. The van der Waals surface area contributed by atoms with Crippen LogP contribution in [0.25, 0.3) is 0 Å². The molecular formula is C27H30FN3O4S. The van der Waals surface area contributed by atoms with Crippen LogP contribution in [0.1, 0.15) is 16.7 Å². The molecule has 0 heterocycles. The molecule has 0 bridgehead atoms. The highest BCUT2D eigenvalue weighted by Gasteiger charge is 2.32. The van der Waals surface area contributed by atoms with E-state index in [9.17, 15) is 22.4 Å². The lowest BCUT2D eigenvalue weighted by atomic mass is 10.0. The third kappa shape index (κ3) is 7.14. The average molecular weight is 512 g/mol. The van der Waals surface area contributed by atoms with Crippen LogP contribution in [0.3, 0.4) is 0 Å². The molecule has 3 aromatic rings. The van der Waals surface area contributed by atoms with Crippen LogP contribution in [0.5, 0.6) is 0 Å². The molecule has 9 heteroatoms. The Bertz CT molecular complexity index is 1320. The van der Waals surface area contributed by atoms with Gasteiger partial charge in [-0.05, 0) is 36.2 Å². The number of sulfonamides is 1.